The first-order chi connectivity index (χ1) is 9.81. The lowest BCUT2D eigenvalue weighted by molar-refractivity contribution is -0.415. The van der Waals surface area contributed by atoms with E-state index in [2.05, 4.69) is 58.9 Å². The van der Waals surface area contributed by atoms with Crippen molar-refractivity contribution in [3.05, 3.63) is 35.4 Å². The van der Waals surface area contributed by atoms with Crippen LogP contribution in [0.1, 0.15) is 70.9 Å². The molecule has 21 heavy (non-hydrogen) atoms. The second-order valence-corrected chi connectivity index (χ2v) is 7.48. The highest BCUT2D eigenvalue weighted by molar-refractivity contribution is 5.25. The summed E-state index contributed by atoms with van der Waals surface area (Å²) < 4.78 is 0. The fourth-order valence-electron chi connectivity index (χ4n) is 3.08. The molecule has 0 aliphatic heterocycles. The van der Waals surface area contributed by atoms with Gasteiger partial charge in [0.1, 0.15) is 11.2 Å². The molecule has 1 fully saturated rings. The van der Waals surface area contributed by atoms with Crippen molar-refractivity contribution in [3.8, 4) is 0 Å². The highest BCUT2D eigenvalue weighted by Crippen LogP contribution is 2.37. The Morgan fingerprint density at radius 2 is 1.43 bits per heavy atom. The normalized spacial score (nSPS) is 18.0. The third-order valence-electron chi connectivity index (χ3n) is 4.80. The summed E-state index contributed by atoms with van der Waals surface area (Å²) in [6.45, 7) is 10.5. The maximum atomic E-state index is 5.92. The van der Waals surface area contributed by atoms with E-state index in [-0.39, 0.29) is 5.60 Å². The molecular weight excluding hydrogens is 260 g/mol. The Bertz CT molecular complexity index is 439. The van der Waals surface area contributed by atoms with Gasteiger partial charge in [-0.3, -0.25) is 0 Å². The number of rotatable bonds is 5. The van der Waals surface area contributed by atoms with E-state index in [9.17, 15) is 0 Å². The molecular formula is C19H30O2. The summed E-state index contributed by atoms with van der Waals surface area (Å²) in [7, 11) is 0. The lowest BCUT2D eigenvalue weighted by Crippen LogP contribution is -2.38. The van der Waals surface area contributed by atoms with Crippen molar-refractivity contribution in [2.75, 3.05) is 0 Å². The molecule has 2 nitrogen and oxygen atoms in total. The summed E-state index contributed by atoms with van der Waals surface area (Å²) in [6.07, 6.45) is 6.50. The zero-order valence-electron chi connectivity index (χ0n) is 14.2. The van der Waals surface area contributed by atoms with Crippen molar-refractivity contribution in [1.29, 1.82) is 0 Å². The van der Waals surface area contributed by atoms with Gasteiger partial charge in [0.2, 0.25) is 0 Å². The van der Waals surface area contributed by atoms with Crippen LogP contribution in [0.2, 0.25) is 0 Å². The molecule has 0 atom stereocenters. The molecule has 0 bridgehead atoms. The third kappa shape index (κ3) is 4.31. The SMILES string of the molecule is Cc1ccc(C(C)(C)OOC(C)(C)C2CCCCC2)cc1. The predicted octanol–water partition coefficient (Wildman–Crippen LogP) is 5.54. The Hall–Kier alpha value is -0.860. The minimum atomic E-state index is -0.431. The van der Waals surface area contributed by atoms with Crippen molar-refractivity contribution in [1.82, 2.24) is 0 Å². The van der Waals surface area contributed by atoms with Gasteiger partial charge in [-0.05, 0) is 58.9 Å². The highest BCUT2D eigenvalue weighted by Gasteiger charge is 2.35. The fraction of sp³-hybridized carbons (Fsp3) is 0.684. The first kappa shape index (κ1) is 16.5. The molecule has 0 amide bonds. The molecule has 0 radical (unpaired) electrons. The molecule has 0 aromatic heterocycles. The van der Waals surface area contributed by atoms with Crippen LogP contribution in [-0.4, -0.2) is 5.60 Å². The summed E-state index contributed by atoms with van der Waals surface area (Å²) in [6, 6.07) is 8.47. The van der Waals surface area contributed by atoms with E-state index in [4.69, 9.17) is 9.78 Å². The minimum absolute atomic E-state index is 0.220. The van der Waals surface area contributed by atoms with Crippen LogP contribution in [-0.2, 0) is 15.4 Å². The molecule has 0 N–H and O–H groups in total. The predicted molar refractivity (Wildman–Crippen MR) is 87.0 cm³/mol. The van der Waals surface area contributed by atoms with E-state index in [0.29, 0.717) is 5.92 Å². The van der Waals surface area contributed by atoms with E-state index >= 15 is 0 Å². The average Bonchev–Trinajstić information content (AvgIpc) is 2.47. The maximum Gasteiger partial charge on any atom is 0.123 e. The minimum Gasteiger partial charge on any atom is -0.229 e. The van der Waals surface area contributed by atoms with Gasteiger partial charge in [-0.1, -0.05) is 49.1 Å². The van der Waals surface area contributed by atoms with Crippen LogP contribution in [0, 0.1) is 12.8 Å². The van der Waals surface area contributed by atoms with Crippen molar-refractivity contribution in [2.45, 2.75) is 77.9 Å². The van der Waals surface area contributed by atoms with Gasteiger partial charge in [0, 0.05) is 0 Å². The van der Waals surface area contributed by atoms with Crippen molar-refractivity contribution in [2.24, 2.45) is 5.92 Å². The van der Waals surface area contributed by atoms with Crippen molar-refractivity contribution >= 4 is 0 Å². The van der Waals surface area contributed by atoms with E-state index in [1.807, 2.05) is 0 Å². The van der Waals surface area contributed by atoms with Crippen LogP contribution in [0.5, 0.6) is 0 Å². The van der Waals surface area contributed by atoms with Gasteiger partial charge in [-0.25, -0.2) is 9.78 Å². The molecule has 0 spiro atoms. The van der Waals surface area contributed by atoms with Gasteiger partial charge in [0.25, 0.3) is 0 Å². The van der Waals surface area contributed by atoms with Crippen molar-refractivity contribution in [3.63, 3.8) is 0 Å². The first-order valence-electron chi connectivity index (χ1n) is 8.25. The Morgan fingerprint density at radius 3 is 2.00 bits per heavy atom. The van der Waals surface area contributed by atoms with Crippen LogP contribution in [0.15, 0.2) is 24.3 Å². The molecule has 0 unspecified atom stereocenters. The van der Waals surface area contributed by atoms with E-state index in [0.717, 1.165) is 5.56 Å². The third-order valence-corrected chi connectivity index (χ3v) is 4.80. The Kier molecular flexibility index (Phi) is 5.11. The van der Waals surface area contributed by atoms with Gasteiger partial charge < -0.3 is 0 Å². The molecule has 2 rings (SSSR count). The zero-order chi connectivity index (χ0) is 15.5. The van der Waals surface area contributed by atoms with Gasteiger partial charge in [-0.15, -0.1) is 0 Å². The molecule has 0 saturated heterocycles. The fourth-order valence-corrected chi connectivity index (χ4v) is 3.08. The summed E-state index contributed by atoms with van der Waals surface area (Å²) in [5, 5.41) is 0. The second-order valence-electron chi connectivity index (χ2n) is 7.48. The van der Waals surface area contributed by atoms with Gasteiger partial charge in [0.05, 0.1) is 0 Å². The largest absolute Gasteiger partial charge is 0.229 e. The summed E-state index contributed by atoms with van der Waals surface area (Å²) in [4.78, 5) is 11.8. The highest BCUT2D eigenvalue weighted by atomic mass is 17.2. The van der Waals surface area contributed by atoms with Crippen LogP contribution < -0.4 is 0 Å². The standard InChI is InChI=1S/C19H30O2/c1-15-11-13-17(14-12-15)19(4,5)21-20-18(2,3)16-9-7-6-8-10-16/h11-14,16H,6-10H2,1-5H3. The molecule has 1 aromatic rings. The lowest BCUT2D eigenvalue weighted by Gasteiger charge is -2.38. The van der Waals surface area contributed by atoms with Gasteiger partial charge >= 0.3 is 0 Å². The molecule has 118 valence electrons. The Labute approximate surface area is 129 Å². The van der Waals surface area contributed by atoms with E-state index in [1.54, 1.807) is 0 Å². The van der Waals surface area contributed by atoms with Crippen LogP contribution in [0.25, 0.3) is 0 Å². The van der Waals surface area contributed by atoms with Gasteiger partial charge in [-0.2, -0.15) is 0 Å². The molecule has 1 aliphatic carbocycles. The number of hydrogen-bond acceptors (Lipinski definition) is 2. The molecule has 0 heterocycles. The number of hydrogen-bond donors (Lipinski definition) is 0. The maximum absolute atomic E-state index is 5.92. The van der Waals surface area contributed by atoms with E-state index in [1.165, 1.54) is 37.7 Å². The summed E-state index contributed by atoms with van der Waals surface area (Å²) in [5.41, 5.74) is 1.76. The Balaban J connectivity index is 1.98. The quantitative estimate of drug-likeness (QED) is 0.524. The summed E-state index contributed by atoms with van der Waals surface area (Å²) in [5.74, 6) is 0.597. The van der Waals surface area contributed by atoms with Crippen LogP contribution >= 0.6 is 0 Å². The molecule has 2 heteroatoms. The summed E-state index contributed by atoms with van der Waals surface area (Å²) >= 11 is 0. The molecule has 1 aromatic carbocycles. The first-order valence-corrected chi connectivity index (χ1v) is 8.25. The smallest absolute Gasteiger partial charge is 0.123 e. The van der Waals surface area contributed by atoms with Crippen LogP contribution in [0.3, 0.4) is 0 Å². The van der Waals surface area contributed by atoms with Gasteiger partial charge in [0.15, 0.2) is 0 Å². The number of aryl methyl sites for hydroxylation is 1. The number of benzene rings is 1. The monoisotopic (exact) mass is 290 g/mol. The van der Waals surface area contributed by atoms with Crippen LogP contribution in [0.4, 0.5) is 0 Å². The average molecular weight is 290 g/mol. The second kappa shape index (κ2) is 6.50. The topological polar surface area (TPSA) is 18.5 Å². The van der Waals surface area contributed by atoms with E-state index < -0.39 is 5.60 Å². The zero-order valence-corrected chi connectivity index (χ0v) is 14.2. The lowest BCUT2D eigenvalue weighted by atomic mass is 9.79. The molecule has 1 saturated carbocycles. The molecule has 1 aliphatic rings. The van der Waals surface area contributed by atoms with Crippen molar-refractivity contribution < 1.29 is 9.78 Å². The Morgan fingerprint density at radius 1 is 0.857 bits per heavy atom.